The Balaban J connectivity index is 1.34. The minimum Gasteiger partial charge on any atom is -0.368 e. The summed E-state index contributed by atoms with van der Waals surface area (Å²) in [7, 11) is 0. The van der Waals surface area contributed by atoms with Crippen molar-refractivity contribution in [3.05, 3.63) is 68.6 Å². The molecule has 3 aromatic rings. The lowest BCUT2D eigenvalue weighted by molar-refractivity contribution is 0.0712. The van der Waals surface area contributed by atoms with Gasteiger partial charge >= 0.3 is 0 Å². The van der Waals surface area contributed by atoms with Gasteiger partial charge in [-0.15, -0.1) is 11.3 Å². The summed E-state index contributed by atoms with van der Waals surface area (Å²) in [4.78, 5) is 33.1. The van der Waals surface area contributed by atoms with Gasteiger partial charge in [-0.3, -0.25) is 14.3 Å². The number of piperazine rings is 1. The molecule has 2 aliphatic heterocycles. The number of benzene rings is 1. The van der Waals surface area contributed by atoms with Crippen LogP contribution >= 0.6 is 22.9 Å². The van der Waals surface area contributed by atoms with E-state index in [1.54, 1.807) is 11.0 Å². The zero-order chi connectivity index (χ0) is 22.9. The molecule has 0 saturated carbocycles. The van der Waals surface area contributed by atoms with Gasteiger partial charge in [-0.25, -0.2) is 0 Å². The maximum Gasteiger partial charge on any atom is 0.274 e. The Labute approximate surface area is 202 Å². The van der Waals surface area contributed by atoms with Crippen LogP contribution in [0, 0.1) is 0 Å². The van der Waals surface area contributed by atoms with Crippen molar-refractivity contribution in [2.45, 2.75) is 26.4 Å². The third-order valence-electron chi connectivity index (χ3n) is 6.42. The van der Waals surface area contributed by atoms with Crippen LogP contribution in [0.4, 0.5) is 5.69 Å². The first-order valence-corrected chi connectivity index (χ1v) is 12.5. The van der Waals surface area contributed by atoms with Gasteiger partial charge in [-0.2, -0.15) is 5.10 Å². The first-order chi connectivity index (χ1) is 16.1. The number of fused-ring (bicyclic) bond motifs is 1. The fraction of sp³-hybridized carbons (Fsp3) is 0.375. The summed E-state index contributed by atoms with van der Waals surface area (Å²) < 4.78 is 1.92. The minimum absolute atomic E-state index is 0.0467. The van der Waals surface area contributed by atoms with E-state index in [9.17, 15) is 9.59 Å². The van der Waals surface area contributed by atoms with Gasteiger partial charge in [-0.05, 0) is 30.5 Å². The van der Waals surface area contributed by atoms with E-state index in [0.717, 1.165) is 24.3 Å². The van der Waals surface area contributed by atoms with Crippen LogP contribution in [-0.2, 0) is 19.5 Å². The standard InChI is InChI=1S/C24H26ClN5O2S/c1-2-30-20-8-10-29(24(32)22-19(25)9-15-33-22)16-18(20)21(26-30)23(31)28-13-11-27(12-14-28)17-6-4-3-5-7-17/h3-7,9,15H,2,8,10-14,16H2,1H3. The Hall–Kier alpha value is -2.84. The summed E-state index contributed by atoms with van der Waals surface area (Å²) in [5, 5.41) is 6.99. The molecule has 0 unspecified atom stereocenters. The van der Waals surface area contributed by atoms with Crippen molar-refractivity contribution in [3.63, 3.8) is 0 Å². The molecule has 33 heavy (non-hydrogen) atoms. The maximum atomic E-state index is 13.5. The third-order valence-corrected chi connectivity index (χ3v) is 7.75. The molecular formula is C24H26ClN5O2S. The maximum absolute atomic E-state index is 13.5. The Morgan fingerprint density at radius 3 is 2.42 bits per heavy atom. The molecule has 0 spiro atoms. The fourth-order valence-corrected chi connectivity index (χ4v) is 5.75. The van der Waals surface area contributed by atoms with E-state index in [1.165, 1.54) is 17.0 Å². The second-order valence-corrected chi connectivity index (χ2v) is 9.60. The largest absolute Gasteiger partial charge is 0.368 e. The minimum atomic E-state index is -0.0835. The molecule has 1 aromatic carbocycles. The zero-order valence-electron chi connectivity index (χ0n) is 18.5. The molecule has 172 valence electrons. The van der Waals surface area contributed by atoms with Crippen LogP contribution in [0.25, 0.3) is 0 Å². The Kier molecular flexibility index (Phi) is 6.12. The highest BCUT2D eigenvalue weighted by Gasteiger charge is 2.33. The van der Waals surface area contributed by atoms with E-state index in [2.05, 4.69) is 22.1 Å². The number of hydrogen-bond acceptors (Lipinski definition) is 5. The Morgan fingerprint density at radius 2 is 1.76 bits per heavy atom. The molecule has 2 aliphatic rings. The monoisotopic (exact) mass is 483 g/mol. The number of halogens is 1. The molecule has 1 fully saturated rings. The van der Waals surface area contributed by atoms with Gasteiger partial charge in [0.25, 0.3) is 11.8 Å². The number of hydrogen-bond donors (Lipinski definition) is 0. The number of anilines is 1. The Morgan fingerprint density at radius 1 is 1.00 bits per heavy atom. The summed E-state index contributed by atoms with van der Waals surface area (Å²) in [6, 6.07) is 12.0. The molecule has 2 aromatic heterocycles. The lowest BCUT2D eigenvalue weighted by Crippen LogP contribution is -2.49. The van der Waals surface area contributed by atoms with Crippen molar-refractivity contribution in [3.8, 4) is 0 Å². The number of aryl methyl sites for hydroxylation is 1. The second-order valence-electron chi connectivity index (χ2n) is 8.28. The summed E-state index contributed by atoms with van der Waals surface area (Å²) in [6.45, 7) is 6.57. The van der Waals surface area contributed by atoms with Gasteiger partial charge < -0.3 is 14.7 Å². The van der Waals surface area contributed by atoms with E-state index >= 15 is 0 Å². The van der Waals surface area contributed by atoms with Crippen molar-refractivity contribution in [2.24, 2.45) is 0 Å². The van der Waals surface area contributed by atoms with Gasteiger partial charge in [-0.1, -0.05) is 29.8 Å². The molecule has 0 aliphatic carbocycles. The highest BCUT2D eigenvalue weighted by Crippen LogP contribution is 2.29. The highest BCUT2D eigenvalue weighted by molar-refractivity contribution is 7.12. The van der Waals surface area contributed by atoms with Gasteiger partial charge in [0.15, 0.2) is 5.69 Å². The predicted molar refractivity (Wildman–Crippen MR) is 130 cm³/mol. The van der Waals surface area contributed by atoms with Crippen molar-refractivity contribution < 1.29 is 9.59 Å². The number of aromatic nitrogens is 2. The summed E-state index contributed by atoms with van der Waals surface area (Å²) >= 11 is 7.55. The predicted octanol–water partition coefficient (Wildman–Crippen LogP) is 3.78. The van der Waals surface area contributed by atoms with Crippen LogP contribution in [0.5, 0.6) is 0 Å². The summed E-state index contributed by atoms with van der Waals surface area (Å²) in [5.41, 5.74) is 3.60. The zero-order valence-corrected chi connectivity index (χ0v) is 20.1. The van der Waals surface area contributed by atoms with Gasteiger partial charge in [0.05, 0.1) is 11.6 Å². The fourth-order valence-electron chi connectivity index (χ4n) is 4.64. The molecular weight excluding hydrogens is 458 g/mol. The van der Waals surface area contributed by atoms with Crippen LogP contribution in [0.15, 0.2) is 41.8 Å². The smallest absolute Gasteiger partial charge is 0.274 e. The number of rotatable bonds is 4. The van der Waals surface area contributed by atoms with Crippen LogP contribution in [0.3, 0.4) is 0 Å². The van der Waals surface area contributed by atoms with Crippen molar-refractivity contribution in [1.82, 2.24) is 19.6 Å². The number of para-hydroxylation sites is 1. The van der Waals surface area contributed by atoms with E-state index < -0.39 is 0 Å². The average Bonchev–Trinajstić information content (AvgIpc) is 3.46. The molecule has 1 saturated heterocycles. The number of carbonyl (C=O) groups excluding carboxylic acids is 2. The Bertz CT molecular complexity index is 1170. The molecule has 7 nitrogen and oxygen atoms in total. The van der Waals surface area contributed by atoms with Gasteiger partial charge in [0.1, 0.15) is 4.88 Å². The lowest BCUT2D eigenvalue weighted by Gasteiger charge is -2.36. The average molecular weight is 484 g/mol. The van der Waals surface area contributed by atoms with E-state index in [0.29, 0.717) is 54.7 Å². The van der Waals surface area contributed by atoms with E-state index in [1.807, 2.05) is 40.1 Å². The van der Waals surface area contributed by atoms with Crippen LogP contribution in [-0.4, -0.2) is 64.1 Å². The van der Waals surface area contributed by atoms with Crippen molar-refractivity contribution >= 4 is 40.4 Å². The van der Waals surface area contributed by atoms with Crippen molar-refractivity contribution in [1.29, 1.82) is 0 Å². The summed E-state index contributed by atoms with van der Waals surface area (Å²) in [6.07, 6.45) is 0.681. The first-order valence-electron chi connectivity index (χ1n) is 11.3. The topological polar surface area (TPSA) is 61.7 Å². The van der Waals surface area contributed by atoms with Crippen LogP contribution in [0.1, 0.15) is 38.3 Å². The van der Waals surface area contributed by atoms with E-state index in [-0.39, 0.29) is 11.8 Å². The number of thiophene rings is 1. The molecule has 0 N–H and O–H groups in total. The second kappa shape index (κ2) is 9.19. The summed E-state index contributed by atoms with van der Waals surface area (Å²) in [5.74, 6) is -0.130. The normalized spacial score (nSPS) is 16.1. The number of carbonyl (C=O) groups is 2. The SMILES string of the molecule is CCn1nc(C(=O)N2CCN(c3ccccc3)CC2)c2c1CCN(C(=O)c1sccc1Cl)C2. The van der Waals surface area contributed by atoms with Crippen LogP contribution in [0.2, 0.25) is 5.02 Å². The molecule has 0 radical (unpaired) electrons. The molecule has 4 heterocycles. The highest BCUT2D eigenvalue weighted by atomic mass is 35.5. The first kappa shape index (κ1) is 22.0. The van der Waals surface area contributed by atoms with Gasteiger partial charge in [0.2, 0.25) is 0 Å². The van der Waals surface area contributed by atoms with E-state index in [4.69, 9.17) is 11.6 Å². The molecule has 2 amide bonds. The molecule has 5 rings (SSSR count). The number of nitrogens with zero attached hydrogens (tertiary/aromatic N) is 5. The molecule has 0 atom stereocenters. The molecule has 9 heteroatoms. The third kappa shape index (κ3) is 4.13. The number of amides is 2. The quantitative estimate of drug-likeness (QED) is 0.566. The lowest BCUT2D eigenvalue weighted by atomic mass is 10.0. The van der Waals surface area contributed by atoms with Gasteiger partial charge in [0, 0.05) is 62.6 Å². The molecule has 0 bridgehead atoms. The van der Waals surface area contributed by atoms with Crippen LogP contribution < -0.4 is 4.90 Å². The van der Waals surface area contributed by atoms with Crippen molar-refractivity contribution in [2.75, 3.05) is 37.6 Å².